The van der Waals surface area contributed by atoms with Crippen LogP contribution in [0.4, 0.5) is 5.69 Å². The summed E-state index contributed by atoms with van der Waals surface area (Å²) in [5.74, 6) is 0.423. The van der Waals surface area contributed by atoms with Crippen molar-refractivity contribution in [2.45, 2.75) is 17.1 Å². The number of thioether (sulfide) groups is 1. The van der Waals surface area contributed by atoms with Crippen molar-refractivity contribution >= 4 is 33.4 Å². The summed E-state index contributed by atoms with van der Waals surface area (Å²) < 4.78 is 31.0. The van der Waals surface area contributed by atoms with Crippen LogP contribution in [0.5, 0.6) is 5.75 Å². The number of amides is 1. The Morgan fingerprint density at radius 2 is 1.85 bits per heavy atom. The predicted molar refractivity (Wildman–Crippen MR) is 110 cm³/mol. The van der Waals surface area contributed by atoms with Gasteiger partial charge in [0.05, 0.1) is 23.4 Å². The van der Waals surface area contributed by atoms with E-state index in [1.165, 1.54) is 51.2 Å². The minimum absolute atomic E-state index is 0.0916. The summed E-state index contributed by atoms with van der Waals surface area (Å²) in [6.07, 6.45) is 0. The molecular formula is C19H24N2O4S2. The number of carbonyl (C=O) groups is 1. The molecule has 1 atom stereocenters. The van der Waals surface area contributed by atoms with E-state index in [0.717, 1.165) is 9.87 Å². The van der Waals surface area contributed by atoms with Gasteiger partial charge in [-0.3, -0.25) is 4.79 Å². The van der Waals surface area contributed by atoms with E-state index < -0.39 is 10.0 Å². The molecule has 2 rings (SSSR count). The number of rotatable bonds is 8. The van der Waals surface area contributed by atoms with Gasteiger partial charge < -0.3 is 10.1 Å². The zero-order valence-corrected chi connectivity index (χ0v) is 17.4. The van der Waals surface area contributed by atoms with Crippen molar-refractivity contribution in [3.63, 3.8) is 0 Å². The summed E-state index contributed by atoms with van der Waals surface area (Å²) in [5.41, 5.74) is 1.48. The van der Waals surface area contributed by atoms with E-state index >= 15 is 0 Å². The molecule has 0 spiro atoms. The molecule has 6 nitrogen and oxygen atoms in total. The third kappa shape index (κ3) is 5.47. The van der Waals surface area contributed by atoms with E-state index in [1.807, 2.05) is 37.3 Å². The Balaban J connectivity index is 2.10. The van der Waals surface area contributed by atoms with E-state index in [2.05, 4.69) is 5.32 Å². The number of nitrogens with one attached hydrogen (secondary N) is 1. The van der Waals surface area contributed by atoms with E-state index in [0.29, 0.717) is 11.4 Å². The fourth-order valence-electron chi connectivity index (χ4n) is 2.36. The number of methoxy groups -OCH3 is 1. The fourth-order valence-corrected chi connectivity index (χ4v) is 4.11. The highest BCUT2D eigenvalue weighted by Gasteiger charge is 2.20. The van der Waals surface area contributed by atoms with Gasteiger partial charge in [-0.15, -0.1) is 11.8 Å². The van der Waals surface area contributed by atoms with Crippen LogP contribution in [0.1, 0.15) is 17.7 Å². The maximum absolute atomic E-state index is 12.4. The molecule has 0 aromatic heterocycles. The van der Waals surface area contributed by atoms with Crippen LogP contribution in [0.3, 0.4) is 0 Å². The van der Waals surface area contributed by atoms with Crippen LogP contribution >= 0.6 is 11.8 Å². The van der Waals surface area contributed by atoms with Crippen molar-refractivity contribution in [3.05, 3.63) is 54.1 Å². The third-order valence-electron chi connectivity index (χ3n) is 3.96. The fraction of sp³-hybridized carbons (Fsp3) is 0.316. The van der Waals surface area contributed by atoms with Gasteiger partial charge in [0.25, 0.3) is 0 Å². The average Bonchev–Trinajstić information content (AvgIpc) is 2.66. The molecule has 0 radical (unpaired) electrons. The predicted octanol–water partition coefficient (Wildman–Crippen LogP) is 3.38. The number of anilines is 1. The van der Waals surface area contributed by atoms with Gasteiger partial charge in [0.15, 0.2) is 0 Å². The molecule has 0 heterocycles. The summed E-state index contributed by atoms with van der Waals surface area (Å²) in [7, 11) is 0.784. The van der Waals surface area contributed by atoms with E-state index in [4.69, 9.17) is 4.74 Å². The molecule has 0 saturated heterocycles. The topological polar surface area (TPSA) is 75.7 Å². The SMILES string of the molecule is COc1ccc(S(=O)(=O)N(C)C)cc1NC(=O)CS[C@H](C)c1ccccc1. The van der Waals surface area contributed by atoms with Crippen molar-refractivity contribution < 1.29 is 17.9 Å². The number of carbonyl (C=O) groups excluding carboxylic acids is 1. The minimum Gasteiger partial charge on any atom is -0.495 e. The highest BCUT2D eigenvalue weighted by molar-refractivity contribution is 8.00. The monoisotopic (exact) mass is 408 g/mol. The summed E-state index contributed by atoms with van der Waals surface area (Å²) in [4.78, 5) is 12.5. The molecule has 2 aromatic rings. The molecule has 2 aromatic carbocycles. The average molecular weight is 409 g/mol. The first-order valence-corrected chi connectivity index (χ1v) is 10.8. The second-order valence-electron chi connectivity index (χ2n) is 6.06. The van der Waals surface area contributed by atoms with Gasteiger partial charge in [-0.05, 0) is 30.7 Å². The van der Waals surface area contributed by atoms with Gasteiger partial charge >= 0.3 is 0 Å². The van der Waals surface area contributed by atoms with Crippen LogP contribution in [-0.2, 0) is 14.8 Å². The molecule has 0 aliphatic heterocycles. The Hall–Kier alpha value is -2.03. The van der Waals surface area contributed by atoms with E-state index in [1.54, 1.807) is 0 Å². The molecule has 0 fully saturated rings. The summed E-state index contributed by atoms with van der Waals surface area (Å²) in [5, 5.41) is 2.92. The van der Waals surface area contributed by atoms with Crippen LogP contribution in [-0.4, -0.2) is 45.6 Å². The highest BCUT2D eigenvalue weighted by atomic mass is 32.2. The summed E-state index contributed by atoms with van der Waals surface area (Å²) in [6.45, 7) is 2.04. The maximum Gasteiger partial charge on any atom is 0.242 e. The lowest BCUT2D eigenvalue weighted by Gasteiger charge is -2.16. The number of sulfonamides is 1. The van der Waals surface area contributed by atoms with E-state index in [9.17, 15) is 13.2 Å². The maximum atomic E-state index is 12.4. The van der Waals surface area contributed by atoms with Crippen molar-refractivity contribution in [1.82, 2.24) is 4.31 Å². The van der Waals surface area contributed by atoms with Gasteiger partial charge in [0.1, 0.15) is 5.75 Å². The molecule has 0 aliphatic rings. The Bertz CT molecular complexity index is 884. The number of benzene rings is 2. The van der Waals surface area contributed by atoms with Gasteiger partial charge in [0.2, 0.25) is 15.9 Å². The lowest BCUT2D eigenvalue weighted by atomic mass is 10.2. The second-order valence-corrected chi connectivity index (χ2v) is 9.54. The molecule has 0 bridgehead atoms. The zero-order valence-electron chi connectivity index (χ0n) is 15.8. The molecule has 146 valence electrons. The van der Waals surface area contributed by atoms with Crippen molar-refractivity contribution in [1.29, 1.82) is 0 Å². The molecule has 27 heavy (non-hydrogen) atoms. The molecule has 0 saturated carbocycles. The largest absolute Gasteiger partial charge is 0.495 e. The highest BCUT2D eigenvalue weighted by Crippen LogP contribution is 2.30. The van der Waals surface area contributed by atoms with Crippen LogP contribution in [0.25, 0.3) is 0 Å². The van der Waals surface area contributed by atoms with Gasteiger partial charge in [-0.1, -0.05) is 30.3 Å². The first-order chi connectivity index (χ1) is 12.8. The minimum atomic E-state index is -3.60. The molecule has 1 N–H and O–H groups in total. The van der Waals surface area contributed by atoms with Crippen molar-refractivity contribution in [2.24, 2.45) is 0 Å². The van der Waals surface area contributed by atoms with Crippen molar-refractivity contribution in [3.8, 4) is 5.75 Å². The van der Waals surface area contributed by atoms with Crippen LogP contribution < -0.4 is 10.1 Å². The lowest BCUT2D eigenvalue weighted by molar-refractivity contribution is -0.113. The Kier molecular flexibility index (Phi) is 7.29. The smallest absolute Gasteiger partial charge is 0.242 e. The number of ether oxygens (including phenoxy) is 1. The van der Waals surface area contributed by atoms with Gasteiger partial charge in [-0.2, -0.15) is 0 Å². The molecule has 0 unspecified atom stereocenters. The Morgan fingerprint density at radius 1 is 1.19 bits per heavy atom. The second kappa shape index (κ2) is 9.25. The lowest BCUT2D eigenvalue weighted by Crippen LogP contribution is -2.22. The first-order valence-electron chi connectivity index (χ1n) is 8.32. The first kappa shape index (κ1) is 21.3. The number of hydrogen-bond donors (Lipinski definition) is 1. The van der Waals surface area contributed by atoms with Gasteiger partial charge in [0, 0.05) is 19.3 Å². The van der Waals surface area contributed by atoms with Gasteiger partial charge in [-0.25, -0.2) is 12.7 Å². The summed E-state index contributed by atoms with van der Waals surface area (Å²) >= 11 is 1.51. The Morgan fingerprint density at radius 3 is 2.44 bits per heavy atom. The summed E-state index contributed by atoms with van der Waals surface area (Å²) in [6, 6.07) is 14.3. The molecular weight excluding hydrogens is 384 g/mol. The van der Waals surface area contributed by atoms with Crippen LogP contribution in [0, 0.1) is 0 Å². The third-order valence-corrected chi connectivity index (χ3v) is 6.97. The van der Waals surface area contributed by atoms with Crippen LogP contribution in [0.15, 0.2) is 53.4 Å². The number of nitrogens with zero attached hydrogens (tertiary/aromatic N) is 1. The standard InChI is InChI=1S/C19H24N2O4S2/c1-14(15-8-6-5-7-9-15)26-13-19(22)20-17-12-16(10-11-18(17)25-4)27(23,24)21(2)3/h5-12,14H,13H2,1-4H3,(H,20,22)/t14-/m1/s1. The molecule has 1 amide bonds. The van der Waals surface area contributed by atoms with E-state index in [-0.39, 0.29) is 21.8 Å². The number of hydrogen-bond acceptors (Lipinski definition) is 5. The Labute approximate surface area is 165 Å². The van der Waals surface area contributed by atoms with Crippen molar-refractivity contribution in [2.75, 3.05) is 32.3 Å². The normalized spacial score (nSPS) is 12.6. The zero-order chi connectivity index (χ0) is 20.0. The molecule has 0 aliphatic carbocycles. The molecule has 8 heteroatoms. The quantitative estimate of drug-likeness (QED) is 0.725. The van der Waals surface area contributed by atoms with Crippen LogP contribution in [0.2, 0.25) is 0 Å².